The van der Waals surface area contributed by atoms with Gasteiger partial charge in [-0.3, -0.25) is 4.79 Å². The van der Waals surface area contributed by atoms with Crippen LogP contribution in [0.25, 0.3) is 22.5 Å². The van der Waals surface area contributed by atoms with E-state index in [1.54, 1.807) is 76.2 Å². The van der Waals surface area contributed by atoms with Crippen molar-refractivity contribution in [1.29, 1.82) is 0 Å². The zero-order chi connectivity index (χ0) is 25.0. The van der Waals surface area contributed by atoms with E-state index >= 15 is 0 Å². The Bertz CT molecular complexity index is 1190. The smallest absolute Gasteiger partial charge is 0.359 e. The van der Waals surface area contributed by atoms with Gasteiger partial charge in [0.1, 0.15) is 5.60 Å². The highest BCUT2D eigenvalue weighted by Gasteiger charge is 2.29. The second-order valence-corrected chi connectivity index (χ2v) is 9.56. The standard InChI is InChI=1S/C25H25Cl2N3O4/c1-14(13-31)28-23(32)21-22(24(33)34-25(2,3)4)30-20(16-7-11-18(27)12-8-16)19(29-21)15-5-9-17(26)10-6-15/h5-12,14,31H,13H2,1-4H3,(H,28,32). The first-order chi connectivity index (χ1) is 16.0. The molecule has 1 atom stereocenters. The molecule has 9 heteroatoms. The van der Waals surface area contributed by atoms with Crippen molar-refractivity contribution >= 4 is 35.1 Å². The van der Waals surface area contributed by atoms with Crippen LogP contribution in [-0.2, 0) is 4.74 Å². The van der Waals surface area contributed by atoms with Crippen molar-refractivity contribution in [3.05, 3.63) is 70.0 Å². The molecule has 1 aromatic heterocycles. The molecule has 0 aliphatic heterocycles. The molecular formula is C25H25Cl2N3O4. The van der Waals surface area contributed by atoms with E-state index in [1.807, 2.05) is 0 Å². The van der Waals surface area contributed by atoms with E-state index in [0.717, 1.165) is 0 Å². The van der Waals surface area contributed by atoms with Crippen LogP contribution in [0.1, 0.15) is 48.7 Å². The third-order valence-electron chi connectivity index (χ3n) is 4.59. The van der Waals surface area contributed by atoms with Crippen LogP contribution in [-0.4, -0.2) is 45.2 Å². The number of halogens is 2. The van der Waals surface area contributed by atoms with Gasteiger partial charge < -0.3 is 15.2 Å². The number of hydrogen-bond acceptors (Lipinski definition) is 6. The molecule has 0 aliphatic rings. The minimum Gasteiger partial charge on any atom is -0.455 e. The number of aromatic nitrogens is 2. The minimum absolute atomic E-state index is 0.211. The van der Waals surface area contributed by atoms with Crippen molar-refractivity contribution in [3.8, 4) is 22.5 Å². The molecule has 0 aliphatic carbocycles. The first-order valence-corrected chi connectivity index (χ1v) is 11.3. The van der Waals surface area contributed by atoms with Gasteiger partial charge in [-0.1, -0.05) is 47.5 Å². The van der Waals surface area contributed by atoms with Gasteiger partial charge in [0.2, 0.25) is 0 Å². The minimum atomic E-state index is -0.819. The van der Waals surface area contributed by atoms with Crippen molar-refractivity contribution in [2.45, 2.75) is 39.3 Å². The Morgan fingerprint density at radius 3 is 1.76 bits per heavy atom. The number of nitrogens with one attached hydrogen (secondary N) is 1. The number of benzene rings is 2. The Kier molecular flexibility index (Phi) is 7.92. The zero-order valence-electron chi connectivity index (χ0n) is 19.2. The van der Waals surface area contributed by atoms with E-state index in [9.17, 15) is 14.7 Å². The Hall–Kier alpha value is -3.00. The highest BCUT2D eigenvalue weighted by atomic mass is 35.5. The molecule has 0 spiro atoms. The van der Waals surface area contributed by atoms with Gasteiger partial charge in [-0.15, -0.1) is 0 Å². The van der Waals surface area contributed by atoms with Crippen LogP contribution in [0.5, 0.6) is 0 Å². The summed E-state index contributed by atoms with van der Waals surface area (Å²) >= 11 is 12.1. The van der Waals surface area contributed by atoms with E-state index in [1.165, 1.54) is 0 Å². The maximum absolute atomic E-state index is 13.1. The highest BCUT2D eigenvalue weighted by Crippen LogP contribution is 2.32. The number of amides is 1. The molecule has 3 aromatic rings. The van der Waals surface area contributed by atoms with Gasteiger partial charge in [-0.25, -0.2) is 14.8 Å². The van der Waals surface area contributed by atoms with E-state index in [-0.39, 0.29) is 18.0 Å². The lowest BCUT2D eigenvalue weighted by Crippen LogP contribution is -2.37. The molecule has 1 heterocycles. The highest BCUT2D eigenvalue weighted by molar-refractivity contribution is 6.31. The van der Waals surface area contributed by atoms with Crippen LogP contribution in [0.3, 0.4) is 0 Å². The molecule has 0 radical (unpaired) electrons. The molecule has 0 bridgehead atoms. The number of carbonyl (C=O) groups is 2. The maximum atomic E-state index is 13.1. The normalized spacial score (nSPS) is 12.2. The number of aliphatic hydroxyl groups is 1. The number of hydrogen-bond donors (Lipinski definition) is 2. The fourth-order valence-electron chi connectivity index (χ4n) is 3.02. The summed E-state index contributed by atoms with van der Waals surface area (Å²) in [6.07, 6.45) is 0. The lowest BCUT2D eigenvalue weighted by atomic mass is 10.0. The Morgan fingerprint density at radius 1 is 0.912 bits per heavy atom. The Morgan fingerprint density at radius 2 is 1.35 bits per heavy atom. The number of ether oxygens (including phenoxy) is 1. The molecule has 1 amide bonds. The number of rotatable bonds is 6. The molecule has 0 fully saturated rings. The van der Waals surface area contributed by atoms with Gasteiger partial charge in [-0.05, 0) is 52.0 Å². The first-order valence-electron chi connectivity index (χ1n) is 10.6. The van der Waals surface area contributed by atoms with Crippen LogP contribution in [0.4, 0.5) is 0 Å². The zero-order valence-corrected chi connectivity index (χ0v) is 20.7. The van der Waals surface area contributed by atoms with E-state index in [0.29, 0.717) is 32.6 Å². The second kappa shape index (κ2) is 10.5. The van der Waals surface area contributed by atoms with Gasteiger partial charge in [0.25, 0.3) is 5.91 Å². The summed E-state index contributed by atoms with van der Waals surface area (Å²) in [5.74, 6) is -1.45. The van der Waals surface area contributed by atoms with Gasteiger partial charge in [0.05, 0.1) is 18.0 Å². The van der Waals surface area contributed by atoms with E-state index < -0.39 is 23.5 Å². The fraction of sp³-hybridized carbons (Fsp3) is 0.280. The molecule has 178 valence electrons. The fourth-order valence-corrected chi connectivity index (χ4v) is 3.27. The predicted molar refractivity (Wildman–Crippen MR) is 132 cm³/mol. The van der Waals surface area contributed by atoms with Gasteiger partial charge in [0.15, 0.2) is 11.4 Å². The van der Waals surface area contributed by atoms with Crippen LogP contribution >= 0.6 is 23.2 Å². The third kappa shape index (κ3) is 6.32. The summed E-state index contributed by atoms with van der Waals surface area (Å²) in [5, 5.41) is 13.1. The molecule has 2 N–H and O–H groups in total. The van der Waals surface area contributed by atoms with Crippen LogP contribution < -0.4 is 5.32 Å². The van der Waals surface area contributed by atoms with Gasteiger partial charge >= 0.3 is 5.97 Å². The van der Waals surface area contributed by atoms with Crippen molar-refractivity contribution in [2.24, 2.45) is 0 Å². The van der Waals surface area contributed by atoms with E-state index in [2.05, 4.69) is 15.3 Å². The molecule has 34 heavy (non-hydrogen) atoms. The quantitative estimate of drug-likeness (QED) is 0.451. The number of aliphatic hydroxyl groups excluding tert-OH is 1. The first kappa shape index (κ1) is 25.6. The maximum Gasteiger partial charge on any atom is 0.359 e. The summed E-state index contributed by atoms with van der Waals surface area (Å²) in [6, 6.07) is 13.2. The number of esters is 1. The van der Waals surface area contributed by atoms with Crippen LogP contribution in [0, 0.1) is 0 Å². The van der Waals surface area contributed by atoms with Crippen LogP contribution in [0.2, 0.25) is 10.0 Å². The molecule has 1 unspecified atom stereocenters. The van der Waals surface area contributed by atoms with Crippen molar-refractivity contribution in [1.82, 2.24) is 15.3 Å². The summed E-state index contributed by atoms with van der Waals surface area (Å²) in [4.78, 5) is 35.3. The van der Waals surface area contributed by atoms with Crippen LogP contribution in [0.15, 0.2) is 48.5 Å². The van der Waals surface area contributed by atoms with Crippen molar-refractivity contribution < 1.29 is 19.4 Å². The lowest BCUT2D eigenvalue weighted by molar-refractivity contribution is 0.00601. The Labute approximate surface area is 208 Å². The van der Waals surface area contributed by atoms with E-state index in [4.69, 9.17) is 27.9 Å². The average molecular weight is 502 g/mol. The van der Waals surface area contributed by atoms with Gasteiger partial charge in [0, 0.05) is 27.2 Å². The van der Waals surface area contributed by atoms with Gasteiger partial charge in [-0.2, -0.15) is 0 Å². The molecule has 3 rings (SSSR count). The summed E-state index contributed by atoms with van der Waals surface area (Å²) in [7, 11) is 0. The summed E-state index contributed by atoms with van der Waals surface area (Å²) in [5.41, 5.74) is 0.751. The van der Waals surface area contributed by atoms with Crippen molar-refractivity contribution in [3.63, 3.8) is 0 Å². The molecule has 7 nitrogen and oxygen atoms in total. The molecule has 0 saturated heterocycles. The number of nitrogens with zero attached hydrogens (tertiary/aromatic N) is 2. The average Bonchev–Trinajstić information content (AvgIpc) is 2.78. The topological polar surface area (TPSA) is 101 Å². The second-order valence-electron chi connectivity index (χ2n) is 8.69. The third-order valence-corrected chi connectivity index (χ3v) is 5.09. The lowest BCUT2D eigenvalue weighted by Gasteiger charge is -2.21. The molecule has 2 aromatic carbocycles. The molecule has 0 saturated carbocycles. The summed E-state index contributed by atoms with van der Waals surface area (Å²) < 4.78 is 5.51. The summed E-state index contributed by atoms with van der Waals surface area (Å²) in [6.45, 7) is 6.49. The monoisotopic (exact) mass is 501 g/mol. The largest absolute Gasteiger partial charge is 0.455 e. The predicted octanol–water partition coefficient (Wildman–Crippen LogP) is 5.18. The SMILES string of the molecule is CC(CO)NC(=O)c1nc(-c2ccc(Cl)cc2)c(-c2ccc(Cl)cc2)nc1C(=O)OC(C)(C)C. The molecular weight excluding hydrogens is 477 g/mol. The van der Waals surface area contributed by atoms with Crippen molar-refractivity contribution in [2.75, 3.05) is 6.61 Å². The number of carbonyl (C=O) groups excluding carboxylic acids is 2. The Balaban J connectivity index is 2.28.